The summed E-state index contributed by atoms with van der Waals surface area (Å²) in [5, 5.41) is 10.2. The third-order valence-corrected chi connectivity index (χ3v) is 24.7. The van der Waals surface area contributed by atoms with Crippen molar-refractivity contribution in [1.29, 1.82) is 0 Å². The number of aromatic nitrogens is 2. The fraction of sp³-hybridized carbons (Fsp3) is 0. The van der Waals surface area contributed by atoms with Crippen LogP contribution in [0.4, 0.5) is 68.2 Å². The van der Waals surface area contributed by atoms with E-state index < -0.39 is 0 Å². The Bertz CT molecular complexity index is 7130. The first kappa shape index (κ1) is 69.2. The van der Waals surface area contributed by atoms with Crippen LogP contribution >= 0.6 is 22.7 Å². The minimum absolute atomic E-state index is 1.09. The molecule has 4 aromatic heterocycles. The van der Waals surface area contributed by atoms with Gasteiger partial charge in [0.2, 0.25) is 0 Å². The van der Waals surface area contributed by atoms with E-state index in [1.807, 2.05) is 22.7 Å². The maximum atomic E-state index is 2.46. The Labute approximate surface area is 681 Å². The van der Waals surface area contributed by atoms with Gasteiger partial charge >= 0.3 is 0 Å². The molecule has 0 aliphatic carbocycles. The quantitative estimate of drug-likeness (QED) is 0.0962. The molecule has 8 heteroatoms. The van der Waals surface area contributed by atoms with E-state index in [1.54, 1.807) is 0 Å². The van der Waals surface area contributed by atoms with Crippen LogP contribution in [0.5, 0.6) is 0 Å². The summed E-state index contributed by atoms with van der Waals surface area (Å²) in [6, 6.07) is 162. The van der Waals surface area contributed by atoms with Crippen molar-refractivity contribution < 1.29 is 0 Å². The van der Waals surface area contributed by atoms with Gasteiger partial charge in [-0.1, -0.05) is 237 Å². The minimum Gasteiger partial charge on any atom is -0.311 e. The Hall–Kier alpha value is -14.8. The highest BCUT2D eigenvalue weighted by atomic mass is 32.1. The molecule has 0 amide bonds. The van der Waals surface area contributed by atoms with Gasteiger partial charge < -0.3 is 28.7 Å². The zero-order valence-corrected chi connectivity index (χ0v) is 64.9. The van der Waals surface area contributed by atoms with Crippen LogP contribution in [-0.4, -0.2) is 9.13 Å². The Balaban J connectivity index is 0.000000145. The van der Waals surface area contributed by atoms with Crippen molar-refractivity contribution in [2.24, 2.45) is 0 Å². The summed E-state index contributed by atoms with van der Waals surface area (Å²) in [5.41, 5.74) is 25.2. The number of anilines is 12. The fourth-order valence-electron chi connectivity index (χ4n) is 17.0. The molecule has 0 spiro atoms. The van der Waals surface area contributed by atoms with E-state index in [0.29, 0.717) is 0 Å². The number of fused-ring (bicyclic) bond motifs is 14. The molecule has 0 saturated carbocycles. The zero-order chi connectivity index (χ0) is 76.8. The Kier molecular flexibility index (Phi) is 17.9. The molecule has 548 valence electrons. The van der Waals surface area contributed by atoms with Gasteiger partial charge in [-0.25, -0.2) is 0 Å². The number of para-hydroxylation sites is 8. The minimum atomic E-state index is 1.09. The van der Waals surface area contributed by atoms with Crippen molar-refractivity contribution in [2.75, 3.05) is 19.6 Å². The Morgan fingerprint density at radius 3 is 0.931 bits per heavy atom. The summed E-state index contributed by atoms with van der Waals surface area (Å²) in [7, 11) is 0. The first-order chi connectivity index (χ1) is 57.6. The van der Waals surface area contributed by atoms with Crippen LogP contribution < -0.4 is 19.6 Å². The van der Waals surface area contributed by atoms with E-state index in [0.717, 1.165) is 85.1 Å². The highest BCUT2D eigenvalue weighted by molar-refractivity contribution is 7.27. The molecule has 0 fully saturated rings. The lowest BCUT2D eigenvalue weighted by atomic mass is 10.0. The van der Waals surface area contributed by atoms with E-state index >= 15 is 0 Å². The number of thiophene rings is 2. The molecule has 0 N–H and O–H groups in total. The van der Waals surface area contributed by atoms with Gasteiger partial charge in [-0.2, -0.15) is 0 Å². The lowest BCUT2D eigenvalue weighted by Crippen LogP contribution is -2.10. The summed E-state index contributed by atoms with van der Waals surface area (Å²) < 4.78 is 10.1. The van der Waals surface area contributed by atoms with E-state index in [2.05, 4.69) is 478 Å². The largest absolute Gasteiger partial charge is 0.311 e. The highest BCUT2D eigenvalue weighted by Crippen LogP contribution is 2.50. The second kappa shape index (κ2) is 30.0. The van der Waals surface area contributed by atoms with E-state index in [-0.39, 0.29) is 0 Å². The molecule has 0 saturated heterocycles. The lowest BCUT2D eigenvalue weighted by Gasteiger charge is -2.26. The summed E-state index contributed by atoms with van der Waals surface area (Å²) in [4.78, 5) is 9.31. The molecule has 0 aliphatic heterocycles. The van der Waals surface area contributed by atoms with Gasteiger partial charge in [0.15, 0.2) is 0 Å². The topological polar surface area (TPSA) is 22.8 Å². The van der Waals surface area contributed by atoms with Crippen LogP contribution in [0.2, 0.25) is 0 Å². The number of nitrogens with zero attached hydrogens (tertiary/aromatic N) is 6. The predicted molar refractivity (Wildman–Crippen MR) is 497 cm³/mol. The number of hydrogen-bond donors (Lipinski definition) is 0. The molecule has 22 rings (SSSR count). The zero-order valence-electron chi connectivity index (χ0n) is 63.2. The molecular formula is C108H74N6S2. The molecule has 0 aliphatic rings. The summed E-state index contributed by atoms with van der Waals surface area (Å²) >= 11 is 3.79. The second-order valence-corrected chi connectivity index (χ2v) is 31.3. The van der Waals surface area contributed by atoms with E-state index in [9.17, 15) is 0 Å². The second-order valence-electron chi connectivity index (χ2n) is 29.2. The normalized spacial score (nSPS) is 11.4. The van der Waals surface area contributed by atoms with Crippen molar-refractivity contribution in [1.82, 2.24) is 9.13 Å². The van der Waals surface area contributed by atoms with Crippen molar-refractivity contribution in [3.63, 3.8) is 0 Å². The predicted octanol–water partition coefficient (Wildman–Crippen LogP) is 31.5. The van der Waals surface area contributed by atoms with Crippen LogP contribution in [0.15, 0.2) is 449 Å². The molecular weight excluding hydrogens is 1450 g/mol. The van der Waals surface area contributed by atoms with Gasteiger partial charge in [0.25, 0.3) is 0 Å². The number of benzene rings is 18. The standard InChI is InChI=1S/2C54H37N3S/c1-6-17-38(18-7-1)39-29-34-52-48(35-39)47-31-33-51-53(54(47)58-52)49-37-46(56(42-23-12-4-13-24-42)43-25-14-5-15-26-43)30-32-50(49)57(51)45-28-16-27-44(36-45)55(40-19-8-2-9-20-40)41-21-10-3-11-22-41;1-5-15-40(16-6-1)55(41-17-7-2-8-18-41)44-28-25-38(26-29-44)39-27-35-50-49(37-39)53-51(36-34-48-47-23-13-14-24-52(47)58-54(48)53)57(50)46-32-30-45(31-33-46)56(42-19-9-3-10-20-42)43-21-11-4-12-22-43/h2*1-37H. The maximum absolute atomic E-state index is 2.46. The summed E-state index contributed by atoms with van der Waals surface area (Å²) in [5.74, 6) is 0. The first-order valence-corrected chi connectivity index (χ1v) is 41.0. The molecule has 6 nitrogen and oxygen atoms in total. The SMILES string of the molecule is c1ccc(-c2ccc3sc4c(ccc5c4c4cc(N(c6ccccc6)c6ccccc6)ccc4n5-c4cccc(N(c5ccccc5)c5ccccc5)c4)c3c2)cc1.c1ccc(N(c2ccccc2)c2ccc(-c3ccc4c(c3)c3c5sc6ccccc6c5ccc3n4-c3ccc(N(c4ccccc4)c4ccccc4)cc3)cc2)cc1. The molecule has 22 aromatic rings. The van der Waals surface area contributed by atoms with Crippen molar-refractivity contribution >= 4 is 175 Å². The summed E-state index contributed by atoms with van der Waals surface area (Å²) in [6.45, 7) is 0. The molecule has 116 heavy (non-hydrogen) atoms. The Morgan fingerprint density at radius 1 is 0.164 bits per heavy atom. The van der Waals surface area contributed by atoms with Crippen molar-refractivity contribution in [2.45, 2.75) is 0 Å². The van der Waals surface area contributed by atoms with E-state index in [4.69, 9.17) is 0 Å². The monoisotopic (exact) mass is 1520 g/mol. The molecule has 0 atom stereocenters. The van der Waals surface area contributed by atoms with Crippen molar-refractivity contribution in [3.8, 4) is 33.6 Å². The van der Waals surface area contributed by atoms with Crippen LogP contribution in [0, 0.1) is 0 Å². The fourth-order valence-corrected chi connectivity index (χ4v) is 19.5. The molecule has 4 heterocycles. The third kappa shape index (κ3) is 12.6. The molecule has 0 unspecified atom stereocenters. The molecule has 0 radical (unpaired) electrons. The summed E-state index contributed by atoms with van der Waals surface area (Å²) in [6.07, 6.45) is 0. The van der Waals surface area contributed by atoms with Crippen LogP contribution in [0.1, 0.15) is 0 Å². The van der Waals surface area contributed by atoms with Crippen molar-refractivity contribution in [3.05, 3.63) is 449 Å². The van der Waals surface area contributed by atoms with E-state index in [1.165, 1.54) is 101 Å². The van der Waals surface area contributed by atoms with Gasteiger partial charge in [0.1, 0.15) is 0 Å². The average molecular weight is 1520 g/mol. The molecule has 18 aromatic carbocycles. The van der Waals surface area contributed by atoms with Crippen LogP contribution in [0.25, 0.3) is 118 Å². The van der Waals surface area contributed by atoms with Crippen LogP contribution in [0.3, 0.4) is 0 Å². The van der Waals surface area contributed by atoms with Gasteiger partial charge in [-0.15, -0.1) is 22.7 Å². The average Bonchev–Trinajstić information content (AvgIpc) is 1.56. The third-order valence-electron chi connectivity index (χ3n) is 22.3. The van der Waals surface area contributed by atoms with Gasteiger partial charge in [0, 0.05) is 142 Å². The first-order valence-electron chi connectivity index (χ1n) is 39.4. The number of rotatable bonds is 16. The highest BCUT2D eigenvalue weighted by Gasteiger charge is 2.25. The van der Waals surface area contributed by atoms with Gasteiger partial charge in [-0.3, -0.25) is 0 Å². The Morgan fingerprint density at radius 2 is 0.466 bits per heavy atom. The van der Waals surface area contributed by atoms with Gasteiger partial charge in [0.05, 0.1) is 22.1 Å². The van der Waals surface area contributed by atoms with Gasteiger partial charge in [-0.05, 0) is 235 Å². The maximum Gasteiger partial charge on any atom is 0.0555 e. The lowest BCUT2D eigenvalue weighted by molar-refractivity contribution is 1.17. The number of hydrogen-bond acceptors (Lipinski definition) is 6. The smallest absolute Gasteiger partial charge is 0.0555 e. The molecule has 0 bridgehead atoms. The van der Waals surface area contributed by atoms with Crippen LogP contribution in [-0.2, 0) is 0 Å².